The van der Waals surface area contributed by atoms with Crippen LogP contribution in [-0.4, -0.2) is 29.0 Å². The highest BCUT2D eigenvalue weighted by Gasteiger charge is 2.20. The van der Waals surface area contributed by atoms with Crippen molar-refractivity contribution in [2.45, 2.75) is 12.8 Å². The summed E-state index contributed by atoms with van der Waals surface area (Å²) in [6.45, 7) is 1.91. The van der Waals surface area contributed by atoms with Gasteiger partial charge in [-0.05, 0) is 37.1 Å². The van der Waals surface area contributed by atoms with E-state index in [1.165, 1.54) is 0 Å². The molecule has 3 heterocycles. The Morgan fingerprint density at radius 1 is 1.04 bits per heavy atom. The zero-order valence-corrected chi connectivity index (χ0v) is 13.3. The second-order valence-corrected chi connectivity index (χ2v) is 5.94. The smallest absolute Gasteiger partial charge is 0.259 e. The highest BCUT2D eigenvalue weighted by molar-refractivity contribution is 6.08. The Balaban J connectivity index is 1.61. The molecular formula is C19H18N4O. The van der Waals surface area contributed by atoms with Crippen molar-refractivity contribution >= 4 is 28.3 Å². The molecule has 0 aliphatic carbocycles. The predicted octanol–water partition coefficient (Wildman–Crippen LogP) is 3.48. The van der Waals surface area contributed by atoms with Crippen LogP contribution in [-0.2, 0) is 0 Å². The van der Waals surface area contributed by atoms with Gasteiger partial charge in [-0.15, -0.1) is 0 Å². The SMILES string of the molecule is O=C(Nc1cnc2ccccc2c1)c1cccnc1N1CCCC1. The van der Waals surface area contributed by atoms with Crippen LogP contribution in [0, 0.1) is 0 Å². The maximum Gasteiger partial charge on any atom is 0.259 e. The van der Waals surface area contributed by atoms with Crippen LogP contribution in [0.3, 0.4) is 0 Å². The first-order valence-corrected chi connectivity index (χ1v) is 8.17. The number of anilines is 2. The zero-order valence-electron chi connectivity index (χ0n) is 13.3. The second-order valence-electron chi connectivity index (χ2n) is 5.94. The molecule has 5 heteroatoms. The van der Waals surface area contributed by atoms with Crippen LogP contribution >= 0.6 is 0 Å². The molecule has 4 rings (SSSR count). The average molecular weight is 318 g/mol. The molecule has 1 aliphatic heterocycles. The number of amides is 1. The largest absolute Gasteiger partial charge is 0.356 e. The minimum absolute atomic E-state index is 0.151. The van der Waals surface area contributed by atoms with Crippen LogP contribution in [0.2, 0.25) is 0 Å². The topological polar surface area (TPSA) is 58.1 Å². The highest BCUT2D eigenvalue weighted by atomic mass is 16.1. The second kappa shape index (κ2) is 6.28. The van der Waals surface area contributed by atoms with E-state index in [9.17, 15) is 4.79 Å². The van der Waals surface area contributed by atoms with Crippen molar-refractivity contribution in [3.05, 3.63) is 60.4 Å². The number of benzene rings is 1. The van der Waals surface area contributed by atoms with Gasteiger partial charge in [-0.3, -0.25) is 9.78 Å². The van der Waals surface area contributed by atoms with Crippen molar-refractivity contribution in [2.24, 2.45) is 0 Å². The Morgan fingerprint density at radius 2 is 1.88 bits per heavy atom. The lowest BCUT2D eigenvalue weighted by atomic mass is 10.2. The van der Waals surface area contributed by atoms with Gasteiger partial charge >= 0.3 is 0 Å². The van der Waals surface area contributed by atoms with E-state index in [1.807, 2.05) is 36.4 Å². The molecule has 0 radical (unpaired) electrons. The van der Waals surface area contributed by atoms with Crippen LogP contribution in [0.4, 0.5) is 11.5 Å². The van der Waals surface area contributed by atoms with E-state index >= 15 is 0 Å². The van der Waals surface area contributed by atoms with Gasteiger partial charge in [0.05, 0.1) is 23.0 Å². The maximum absolute atomic E-state index is 12.7. The molecule has 24 heavy (non-hydrogen) atoms. The zero-order chi connectivity index (χ0) is 16.4. The third-order valence-electron chi connectivity index (χ3n) is 4.29. The lowest BCUT2D eigenvalue weighted by Gasteiger charge is -2.19. The van der Waals surface area contributed by atoms with Gasteiger partial charge in [0.2, 0.25) is 0 Å². The van der Waals surface area contributed by atoms with Crippen LogP contribution in [0.5, 0.6) is 0 Å². The predicted molar refractivity (Wildman–Crippen MR) is 95.4 cm³/mol. The normalized spacial score (nSPS) is 14.1. The number of nitrogens with one attached hydrogen (secondary N) is 1. The maximum atomic E-state index is 12.7. The number of hydrogen-bond acceptors (Lipinski definition) is 4. The number of pyridine rings is 2. The molecule has 3 aromatic rings. The summed E-state index contributed by atoms with van der Waals surface area (Å²) in [5.41, 5.74) is 2.21. The molecule has 0 atom stereocenters. The summed E-state index contributed by atoms with van der Waals surface area (Å²) in [7, 11) is 0. The van der Waals surface area contributed by atoms with E-state index in [2.05, 4.69) is 20.2 Å². The van der Waals surface area contributed by atoms with Crippen molar-refractivity contribution in [1.82, 2.24) is 9.97 Å². The van der Waals surface area contributed by atoms with Crippen molar-refractivity contribution in [2.75, 3.05) is 23.3 Å². The number of carbonyl (C=O) groups is 1. The highest BCUT2D eigenvalue weighted by Crippen LogP contribution is 2.23. The first-order valence-electron chi connectivity index (χ1n) is 8.17. The summed E-state index contributed by atoms with van der Waals surface area (Å²) in [4.78, 5) is 23.7. The van der Waals surface area contributed by atoms with E-state index in [4.69, 9.17) is 0 Å². The molecule has 1 N–H and O–H groups in total. The van der Waals surface area contributed by atoms with Gasteiger partial charge in [0.25, 0.3) is 5.91 Å². The third kappa shape index (κ3) is 2.80. The van der Waals surface area contributed by atoms with Crippen molar-refractivity contribution in [3.63, 3.8) is 0 Å². The summed E-state index contributed by atoms with van der Waals surface area (Å²) >= 11 is 0. The summed E-state index contributed by atoms with van der Waals surface area (Å²) in [6, 6.07) is 13.4. The van der Waals surface area contributed by atoms with E-state index in [0.717, 1.165) is 42.7 Å². The summed E-state index contributed by atoms with van der Waals surface area (Å²) < 4.78 is 0. The first kappa shape index (κ1) is 14.6. The molecule has 5 nitrogen and oxygen atoms in total. The van der Waals surface area contributed by atoms with Crippen LogP contribution < -0.4 is 10.2 Å². The fourth-order valence-electron chi connectivity index (χ4n) is 3.09. The number of aromatic nitrogens is 2. The Hall–Kier alpha value is -2.95. The molecule has 1 fully saturated rings. The third-order valence-corrected chi connectivity index (χ3v) is 4.29. The van der Waals surface area contributed by atoms with Crippen molar-refractivity contribution in [3.8, 4) is 0 Å². The summed E-state index contributed by atoms with van der Waals surface area (Å²) in [6.07, 6.45) is 5.71. The minimum Gasteiger partial charge on any atom is -0.356 e. The molecule has 0 bridgehead atoms. The van der Waals surface area contributed by atoms with Crippen LogP contribution in [0.1, 0.15) is 23.2 Å². The van der Waals surface area contributed by atoms with Gasteiger partial charge in [-0.1, -0.05) is 18.2 Å². The van der Waals surface area contributed by atoms with Crippen LogP contribution in [0.25, 0.3) is 10.9 Å². The number of hydrogen-bond donors (Lipinski definition) is 1. The molecule has 1 saturated heterocycles. The molecule has 2 aromatic heterocycles. The van der Waals surface area contributed by atoms with E-state index in [1.54, 1.807) is 18.5 Å². The molecular weight excluding hydrogens is 300 g/mol. The average Bonchev–Trinajstić information content (AvgIpc) is 3.16. The monoisotopic (exact) mass is 318 g/mol. The van der Waals surface area contributed by atoms with E-state index < -0.39 is 0 Å². The number of para-hydroxylation sites is 1. The van der Waals surface area contributed by atoms with Gasteiger partial charge in [0.1, 0.15) is 5.82 Å². The Kier molecular flexibility index (Phi) is 3.83. The molecule has 0 saturated carbocycles. The van der Waals surface area contributed by atoms with Gasteiger partial charge in [-0.2, -0.15) is 0 Å². The fraction of sp³-hybridized carbons (Fsp3) is 0.211. The van der Waals surface area contributed by atoms with E-state index in [0.29, 0.717) is 11.3 Å². The standard InChI is InChI=1S/C19H18N4O/c24-19(16-7-5-9-20-18(16)23-10-3-4-11-23)22-15-12-14-6-1-2-8-17(14)21-13-15/h1-2,5-9,12-13H,3-4,10-11H2,(H,22,24). The minimum atomic E-state index is -0.151. The Labute approximate surface area is 140 Å². The molecule has 1 amide bonds. The quantitative estimate of drug-likeness (QED) is 0.803. The fourth-order valence-corrected chi connectivity index (χ4v) is 3.09. The van der Waals surface area contributed by atoms with Crippen LogP contribution in [0.15, 0.2) is 54.9 Å². The molecule has 1 aromatic carbocycles. The van der Waals surface area contributed by atoms with Gasteiger partial charge in [0, 0.05) is 24.7 Å². The lowest BCUT2D eigenvalue weighted by molar-refractivity contribution is 0.102. The number of carbonyl (C=O) groups excluding carboxylic acids is 1. The van der Waals surface area contributed by atoms with Gasteiger partial charge in [0.15, 0.2) is 0 Å². The van der Waals surface area contributed by atoms with Crippen molar-refractivity contribution in [1.29, 1.82) is 0 Å². The number of fused-ring (bicyclic) bond motifs is 1. The first-order chi connectivity index (χ1) is 11.8. The van der Waals surface area contributed by atoms with Crippen molar-refractivity contribution < 1.29 is 4.79 Å². The Bertz CT molecular complexity index is 887. The molecule has 0 spiro atoms. The molecule has 1 aliphatic rings. The lowest BCUT2D eigenvalue weighted by Crippen LogP contribution is -2.24. The summed E-state index contributed by atoms with van der Waals surface area (Å²) in [5, 5.41) is 3.95. The number of nitrogens with zero attached hydrogens (tertiary/aromatic N) is 3. The summed E-state index contributed by atoms with van der Waals surface area (Å²) in [5.74, 6) is 0.614. The van der Waals surface area contributed by atoms with Gasteiger partial charge in [-0.25, -0.2) is 4.98 Å². The molecule has 120 valence electrons. The van der Waals surface area contributed by atoms with Gasteiger partial charge < -0.3 is 10.2 Å². The molecule has 0 unspecified atom stereocenters. The van der Waals surface area contributed by atoms with E-state index in [-0.39, 0.29) is 5.91 Å². The number of rotatable bonds is 3. The Morgan fingerprint density at radius 3 is 2.75 bits per heavy atom.